The summed E-state index contributed by atoms with van der Waals surface area (Å²) in [5.41, 5.74) is 0.885. The van der Waals surface area contributed by atoms with Crippen LogP contribution in [0, 0.1) is 0 Å². The summed E-state index contributed by atoms with van der Waals surface area (Å²) in [7, 11) is 1.60. The van der Waals surface area contributed by atoms with Gasteiger partial charge in [0.05, 0.1) is 7.11 Å². The Kier molecular flexibility index (Phi) is 8.80. The van der Waals surface area contributed by atoms with E-state index in [9.17, 15) is 9.59 Å². The molecule has 7 heteroatoms. The van der Waals surface area contributed by atoms with Crippen LogP contribution >= 0.6 is 11.6 Å². The van der Waals surface area contributed by atoms with E-state index in [1.54, 1.807) is 36.3 Å². The number of amides is 2. The molecule has 0 radical (unpaired) electrons. The third-order valence-electron chi connectivity index (χ3n) is 5.75. The molecule has 1 aliphatic carbocycles. The topological polar surface area (TPSA) is 67.9 Å². The van der Waals surface area contributed by atoms with Crippen molar-refractivity contribution in [1.29, 1.82) is 0 Å². The minimum Gasteiger partial charge on any atom is -0.497 e. The highest BCUT2D eigenvalue weighted by molar-refractivity contribution is 6.30. The molecule has 1 aliphatic rings. The number of rotatable bonds is 10. The van der Waals surface area contributed by atoms with Gasteiger partial charge in [-0.25, -0.2) is 0 Å². The van der Waals surface area contributed by atoms with Crippen molar-refractivity contribution in [3.63, 3.8) is 0 Å². The summed E-state index contributed by atoms with van der Waals surface area (Å²) in [6, 6.07) is 14.0. The SMILES string of the molecule is CC[C@H](C(=O)NC1CCCC1)N(Cc1cccc(OC)c1)C(=O)COc1ccc(Cl)cc1. The van der Waals surface area contributed by atoms with Crippen LogP contribution in [0.3, 0.4) is 0 Å². The van der Waals surface area contributed by atoms with Gasteiger partial charge in [0.25, 0.3) is 5.91 Å². The molecule has 1 atom stereocenters. The van der Waals surface area contributed by atoms with Gasteiger partial charge in [0.15, 0.2) is 6.61 Å². The zero-order valence-corrected chi connectivity index (χ0v) is 19.4. The Labute approximate surface area is 194 Å². The van der Waals surface area contributed by atoms with E-state index in [2.05, 4.69) is 5.32 Å². The second-order valence-corrected chi connectivity index (χ2v) is 8.47. The first-order valence-corrected chi connectivity index (χ1v) is 11.5. The zero-order chi connectivity index (χ0) is 22.9. The number of methoxy groups -OCH3 is 1. The van der Waals surface area contributed by atoms with Crippen molar-refractivity contribution in [2.75, 3.05) is 13.7 Å². The average molecular weight is 459 g/mol. The normalized spacial score (nSPS) is 14.6. The Bertz CT molecular complexity index is 897. The van der Waals surface area contributed by atoms with Gasteiger partial charge in [0.2, 0.25) is 5.91 Å². The van der Waals surface area contributed by atoms with Gasteiger partial charge in [-0.2, -0.15) is 0 Å². The quantitative estimate of drug-likeness (QED) is 0.565. The number of hydrogen-bond donors (Lipinski definition) is 1. The average Bonchev–Trinajstić information content (AvgIpc) is 3.31. The maximum atomic E-state index is 13.2. The standard InChI is InChI=1S/C25H31ClN2O4/c1-3-23(25(30)27-20-8-4-5-9-20)28(16-18-7-6-10-22(15-18)31-2)24(29)17-32-21-13-11-19(26)12-14-21/h6-7,10-15,20,23H,3-5,8-9,16-17H2,1-2H3,(H,27,30)/t23-/m1/s1. The van der Waals surface area contributed by atoms with Crippen LogP contribution in [0.15, 0.2) is 48.5 Å². The Balaban J connectivity index is 1.76. The van der Waals surface area contributed by atoms with Crippen LogP contribution in [0.1, 0.15) is 44.6 Å². The van der Waals surface area contributed by atoms with Crippen molar-refractivity contribution in [3.8, 4) is 11.5 Å². The minimum absolute atomic E-state index is 0.109. The third kappa shape index (κ3) is 6.63. The fourth-order valence-electron chi connectivity index (χ4n) is 4.01. The summed E-state index contributed by atoms with van der Waals surface area (Å²) in [5, 5.41) is 3.74. The number of hydrogen-bond acceptors (Lipinski definition) is 4. The fourth-order valence-corrected chi connectivity index (χ4v) is 4.14. The molecule has 6 nitrogen and oxygen atoms in total. The largest absolute Gasteiger partial charge is 0.497 e. The molecule has 1 saturated carbocycles. The number of ether oxygens (including phenoxy) is 2. The molecule has 0 spiro atoms. The van der Waals surface area contributed by atoms with E-state index in [-0.39, 0.29) is 31.0 Å². The first-order chi connectivity index (χ1) is 15.5. The van der Waals surface area contributed by atoms with Gasteiger partial charge >= 0.3 is 0 Å². The molecule has 0 unspecified atom stereocenters. The van der Waals surface area contributed by atoms with Crippen molar-refractivity contribution in [3.05, 3.63) is 59.1 Å². The van der Waals surface area contributed by atoms with Crippen molar-refractivity contribution in [2.24, 2.45) is 0 Å². The molecule has 2 amide bonds. The number of nitrogens with zero attached hydrogens (tertiary/aromatic N) is 1. The number of nitrogens with one attached hydrogen (secondary N) is 1. The first kappa shape index (κ1) is 23.9. The summed E-state index contributed by atoms with van der Waals surface area (Å²) < 4.78 is 11.0. The lowest BCUT2D eigenvalue weighted by Crippen LogP contribution is -2.52. The van der Waals surface area contributed by atoms with Crippen molar-refractivity contribution in [2.45, 2.75) is 57.7 Å². The lowest BCUT2D eigenvalue weighted by atomic mass is 10.1. The van der Waals surface area contributed by atoms with Gasteiger partial charge in [-0.1, -0.05) is 43.5 Å². The minimum atomic E-state index is -0.580. The van der Waals surface area contributed by atoms with E-state index in [0.717, 1.165) is 31.2 Å². The maximum absolute atomic E-state index is 13.2. The van der Waals surface area contributed by atoms with Crippen molar-refractivity contribution < 1.29 is 19.1 Å². The first-order valence-electron chi connectivity index (χ1n) is 11.1. The van der Waals surface area contributed by atoms with Crippen LogP contribution in [-0.2, 0) is 16.1 Å². The molecular formula is C25H31ClN2O4. The van der Waals surface area contributed by atoms with Crippen LogP contribution in [0.4, 0.5) is 0 Å². The molecule has 1 N–H and O–H groups in total. The molecule has 1 fully saturated rings. The number of carbonyl (C=O) groups is 2. The molecular weight excluding hydrogens is 428 g/mol. The highest BCUT2D eigenvalue weighted by Crippen LogP contribution is 2.21. The molecule has 172 valence electrons. The van der Waals surface area contributed by atoms with Gasteiger partial charge in [0.1, 0.15) is 17.5 Å². The summed E-state index contributed by atoms with van der Waals surface area (Å²) in [4.78, 5) is 28.0. The van der Waals surface area contributed by atoms with Gasteiger partial charge in [-0.05, 0) is 61.2 Å². The Morgan fingerprint density at radius 2 is 1.84 bits per heavy atom. The predicted octanol–water partition coefficient (Wildman–Crippen LogP) is 4.59. The lowest BCUT2D eigenvalue weighted by molar-refractivity contribution is -0.143. The van der Waals surface area contributed by atoms with Crippen LogP contribution in [0.5, 0.6) is 11.5 Å². The second-order valence-electron chi connectivity index (χ2n) is 8.03. The Hall–Kier alpha value is -2.73. The van der Waals surface area contributed by atoms with Gasteiger partial charge in [0, 0.05) is 17.6 Å². The van der Waals surface area contributed by atoms with Crippen molar-refractivity contribution in [1.82, 2.24) is 10.2 Å². The van der Waals surface area contributed by atoms with Crippen LogP contribution in [0.25, 0.3) is 0 Å². The summed E-state index contributed by atoms with van der Waals surface area (Å²) in [5.74, 6) is 0.890. The molecule has 0 saturated heterocycles. The monoisotopic (exact) mass is 458 g/mol. The van der Waals surface area contributed by atoms with Crippen LogP contribution in [0.2, 0.25) is 5.02 Å². The molecule has 0 heterocycles. The van der Waals surface area contributed by atoms with E-state index in [1.807, 2.05) is 31.2 Å². The molecule has 0 aliphatic heterocycles. The number of benzene rings is 2. The molecule has 0 aromatic heterocycles. The summed E-state index contributed by atoms with van der Waals surface area (Å²) >= 11 is 5.92. The molecule has 32 heavy (non-hydrogen) atoms. The lowest BCUT2D eigenvalue weighted by Gasteiger charge is -2.31. The van der Waals surface area contributed by atoms with E-state index in [4.69, 9.17) is 21.1 Å². The smallest absolute Gasteiger partial charge is 0.261 e. The van der Waals surface area contributed by atoms with Crippen LogP contribution < -0.4 is 14.8 Å². The highest BCUT2D eigenvalue weighted by atomic mass is 35.5. The number of carbonyl (C=O) groups excluding carboxylic acids is 2. The fraction of sp³-hybridized carbons (Fsp3) is 0.440. The Morgan fingerprint density at radius 1 is 1.12 bits per heavy atom. The summed E-state index contributed by atoms with van der Waals surface area (Å²) in [6.45, 7) is 2.04. The molecule has 3 rings (SSSR count). The maximum Gasteiger partial charge on any atom is 0.261 e. The molecule has 0 bridgehead atoms. The van der Waals surface area contributed by atoms with Crippen LogP contribution in [-0.4, -0.2) is 42.5 Å². The third-order valence-corrected chi connectivity index (χ3v) is 6.00. The van der Waals surface area contributed by atoms with Gasteiger partial charge < -0.3 is 19.7 Å². The van der Waals surface area contributed by atoms with Gasteiger partial charge in [-0.15, -0.1) is 0 Å². The summed E-state index contributed by atoms with van der Waals surface area (Å²) in [6.07, 6.45) is 4.75. The predicted molar refractivity (Wildman–Crippen MR) is 125 cm³/mol. The number of halogens is 1. The van der Waals surface area contributed by atoms with E-state index in [0.29, 0.717) is 22.9 Å². The molecule has 2 aromatic rings. The molecule has 2 aromatic carbocycles. The second kappa shape index (κ2) is 11.8. The van der Waals surface area contributed by atoms with E-state index >= 15 is 0 Å². The van der Waals surface area contributed by atoms with E-state index < -0.39 is 6.04 Å². The van der Waals surface area contributed by atoms with Gasteiger partial charge in [-0.3, -0.25) is 9.59 Å². The highest BCUT2D eigenvalue weighted by Gasteiger charge is 2.30. The van der Waals surface area contributed by atoms with Crippen molar-refractivity contribution >= 4 is 23.4 Å². The zero-order valence-electron chi connectivity index (χ0n) is 18.7. The Morgan fingerprint density at radius 3 is 2.50 bits per heavy atom. The van der Waals surface area contributed by atoms with E-state index in [1.165, 1.54) is 0 Å².